The van der Waals surface area contributed by atoms with Crippen molar-refractivity contribution >= 4 is 11.3 Å². The number of hydrogen-bond acceptors (Lipinski definition) is 2. The standard InChI is InChI=1S/C17H15NO2/c1-12-11-14-5-3-4-10-18(14)16(12)17(19)13-6-8-15(20-2)9-7-13/h3-11H,1-2H3. The highest BCUT2D eigenvalue weighted by molar-refractivity contribution is 6.09. The minimum Gasteiger partial charge on any atom is -0.497 e. The Kier molecular flexibility index (Phi) is 3.03. The summed E-state index contributed by atoms with van der Waals surface area (Å²) in [6.45, 7) is 1.96. The Morgan fingerprint density at radius 3 is 2.55 bits per heavy atom. The molecule has 0 N–H and O–H groups in total. The van der Waals surface area contributed by atoms with E-state index in [0.29, 0.717) is 11.3 Å². The van der Waals surface area contributed by atoms with Gasteiger partial charge in [0.05, 0.1) is 12.8 Å². The van der Waals surface area contributed by atoms with E-state index < -0.39 is 0 Å². The summed E-state index contributed by atoms with van der Waals surface area (Å²) in [5.74, 6) is 0.773. The van der Waals surface area contributed by atoms with Crippen LogP contribution in [0.4, 0.5) is 0 Å². The predicted molar refractivity (Wildman–Crippen MR) is 78.6 cm³/mol. The second-order valence-electron chi connectivity index (χ2n) is 4.73. The molecular formula is C17H15NO2. The van der Waals surface area contributed by atoms with Gasteiger partial charge in [-0.15, -0.1) is 0 Å². The third kappa shape index (κ3) is 1.97. The fourth-order valence-corrected chi connectivity index (χ4v) is 2.43. The highest BCUT2D eigenvalue weighted by Crippen LogP contribution is 2.20. The zero-order valence-corrected chi connectivity index (χ0v) is 11.5. The lowest BCUT2D eigenvalue weighted by Crippen LogP contribution is -2.06. The first kappa shape index (κ1) is 12.5. The Balaban J connectivity index is 2.09. The molecule has 2 heterocycles. The number of aromatic nitrogens is 1. The molecule has 3 aromatic rings. The number of rotatable bonds is 3. The predicted octanol–water partition coefficient (Wildman–Crippen LogP) is 3.49. The zero-order valence-electron chi connectivity index (χ0n) is 11.5. The van der Waals surface area contributed by atoms with Crippen molar-refractivity contribution in [3.05, 3.63) is 71.5 Å². The molecule has 0 spiro atoms. The van der Waals surface area contributed by atoms with Crippen molar-refractivity contribution in [1.29, 1.82) is 0 Å². The van der Waals surface area contributed by atoms with E-state index in [0.717, 1.165) is 16.8 Å². The first-order valence-corrected chi connectivity index (χ1v) is 6.46. The Labute approximate surface area is 117 Å². The number of hydrogen-bond donors (Lipinski definition) is 0. The summed E-state index contributed by atoms with van der Waals surface area (Å²) in [7, 11) is 1.61. The number of nitrogens with zero attached hydrogens (tertiary/aromatic N) is 1. The fraction of sp³-hybridized carbons (Fsp3) is 0.118. The maximum Gasteiger partial charge on any atom is 0.210 e. The van der Waals surface area contributed by atoms with Crippen molar-refractivity contribution in [3.63, 3.8) is 0 Å². The minimum absolute atomic E-state index is 0.0244. The van der Waals surface area contributed by atoms with Gasteiger partial charge in [0.25, 0.3) is 0 Å². The van der Waals surface area contributed by atoms with Crippen LogP contribution in [0.5, 0.6) is 5.75 Å². The van der Waals surface area contributed by atoms with Gasteiger partial charge in [0.15, 0.2) is 0 Å². The van der Waals surface area contributed by atoms with Crippen LogP contribution in [-0.4, -0.2) is 17.3 Å². The first-order valence-electron chi connectivity index (χ1n) is 6.46. The lowest BCUT2D eigenvalue weighted by atomic mass is 10.1. The van der Waals surface area contributed by atoms with Crippen LogP contribution in [0, 0.1) is 6.92 Å². The second kappa shape index (κ2) is 4.85. The third-order valence-corrected chi connectivity index (χ3v) is 3.44. The minimum atomic E-state index is 0.0244. The SMILES string of the molecule is COc1ccc(C(=O)c2c(C)cc3ccccn23)cc1. The summed E-state index contributed by atoms with van der Waals surface area (Å²) in [4.78, 5) is 12.7. The number of carbonyl (C=O) groups excluding carboxylic acids is 1. The summed E-state index contributed by atoms with van der Waals surface area (Å²) in [6.07, 6.45) is 1.92. The van der Waals surface area contributed by atoms with E-state index in [1.54, 1.807) is 31.4 Å². The fourth-order valence-electron chi connectivity index (χ4n) is 2.43. The quantitative estimate of drug-likeness (QED) is 0.679. The van der Waals surface area contributed by atoms with Crippen LogP contribution in [0.25, 0.3) is 5.52 Å². The molecule has 0 saturated carbocycles. The van der Waals surface area contributed by atoms with Crippen molar-refractivity contribution in [2.45, 2.75) is 6.92 Å². The number of ketones is 1. The number of aryl methyl sites for hydroxylation is 1. The van der Waals surface area contributed by atoms with Crippen LogP contribution in [-0.2, 0) is 0 Å². The second-order valence-corrected chi connectivity index (χ2v) is 4.73. The molecule has 100 valence electrons. The molecule has 3 heteroatoms. The van der Waals surface area contributed by atoms with E-state index in [-0.39, 0.29) is 5.78 Å². The molecule has 3 nitrogen and oxygen atoms in total. The molecule has 20 heavy (non-hydrogen) atoms. The molecule has 0 bridgehead atoms. The highest BCUT2D eigenvalue weighted by Gasteiger charge is 2.16. The molecule has 1 aromatic carbocycles. The first-order chi connectivity index (χ1) is 9.70. The van der Waals surface area contributed by atoms with Gasteiger partial charge in [-0.2, -0.15) is 0 Å². The molecule has 0 atom stereocenters. The average Bonchev–Trinajstić information content (AvgIpc) is 2.82. The van der Waals surface area contributed by atoms with Gasteiger partial charge in [0.1, 0.15) is 5.75 Å². The molecule has 0 aliphatic rings. The van der Waals surface area contributed by atoms with E-state index in [4.69, 9.17) is 4.74 Å². The Morgan fingerprint density at radius 1 is 1.10 bits per heavy atom. The van der Waals surface area contributed by atoms with Gasteiger partial charge in [-0.3, -0.25) is 4.79 Å². The van der Waals surface area contributed by atoms with Gasteiger partial charge >= 0.3 is 0 Å². The molecular weight excluding hydrogens is 250 g/mol. The van der Waals surface area contributed by atoms with E-state index in [2.05, 4.69) is 0 Å². The van der Waals surface area contributed by atoms with Crippen molar-refractivity contribution < 1.29 is 9.53 Å². The van der Waals surface area contributed by atoms with E-state index in [1.807, 2.05) is 41.8 Å². The van der Waals surface area contributed by atoms with E-state index in [9.17, 15) is 4.79 Å². The summed E-state index contributed by atoms with van der Waals surface area (Å²) in [6, 6.07) is 15.1. The van der Waals surface area contributed by atoms with Gasteiger partial charge in [-0.25, -0.2) is 0 Å². The van der Waals surface area contributed by atoms with Crippen LogP contribution in [0.15, 0.2) is 54.7 Å². The number of methoxy groups -OCH3 is 1. The molecule has 0 fully saturated rings. The molecule has 0 aliphatic heterocycles. The molecule has 3 rings (SSSR count). The van der Waals surface area contributed by atoms with Crippen LogP contribution in [0.2, 0.25) is 0 Å². The third-order valence-electron chi connectivity index (χ3n) is 3.44. The lowest BCUT2D eigenvalue weighted by molar-refractivity contribution is 0.103. The average molecular weight is 265 g/mol. The normalized spacial score (nSPS) is 10.7. The van der Waals surface area contributed by atoms with Gasteiger partial charge in [0, 0.05) is 17.3 Å². The Hall–Kier alpha value is -2.55. The smallest absolute Gasteiger partial charge is 0.210 e. The van der Waals surface area contributed by atoms with E-state index in [1.165, 1.54) is 0 Å². The van der Waals surface area contributed by atoms with Crippen LogP contribution < -0.4 is 4.74 Å². The van der Waals surface area contributed by atoms with Crippen LogP contribution in [0.3, 0.4) is 0 Å². The highest BCUT2D eigenvalue weighted by atomic mass is 16.5. The molecule has 2 aromatic heterocycles. The molecule has 0 radical (unpaired) electrons. The Morgan fingerprint density at radius 2 is 1.85 bits per heavy atom. The summed E-state index contributed by atoms with van der Waals surface area (Å²) in [5, 5.41) is 0. The zero-order chi connectivity index (χ0) is 14.1. The van der Waals surface area contributed by atoms with E-state index >= 15 is 0 Å². The number of ether oxygens (including phenoxy) is 1. The number of pyridine rings is 1. The number of carbonyl (C=O) groups is 1. The van der Waals surface area contributed by atoms with Crippen molar-refractivity contribution in [2.75, 3.05) is 7.11 Å². The maximum atomic E-state index is 12.7. The van der Waals surface area contributed by atoms with Crippen LogP contribution >= 0.6 is 0 Å². The van der Waals surface area contributed by atoms with Crippen molar-refractivity contribution in [1.82, 2.24) is 4.40 Å². The molecule has 0 unspecified atom stereocenters. The summed E-state index contributed by atoms with van der Waals surface area (Å²) >= 11 is 0. The summed E-state index contributed by atoms with van der Waals surface area (Å²) in [5.41, 5.74) is 3.39. The van der Waals surface area contributed by atoms with Gasteiger partial charge < -0.3 is 9.14 Å². The maximum absolute atomic E-state index is 12.7. The van der Waals surface area contributed by atoms with Gasteiger partial charge in [-0.05, 0) is 55.0 Å². The number of benzene rings is 1. The summed E-state index contributed by atoms with van der Waals surface area (Å²) < 4.78 is 7.05. The van der Waals surface area contributed by atoms with Crippen molar-refractivity contribution in [3.8, 4) is 5.75 Å². The van der Waals surface area contributed by atoms with Crippen LogP contribution in [0.1, 0.15) is 21.6 Å². The monoisotopic (exact) mass is 265 g/mol. The topological polar surface area (TPSA) is 30.7 Å². The van der Waals surface area contributed by atoms with Gasteiger partial charge in [-0.1, -0.05) is 6.07 Å². The molecule has 0 amide bonds. The van der Waals surface area contributed by atoms with Crippen molar-refractivity contribution in [2.24, 2.45) is 0 Å². The Bertz CT molecular complexity index is 769. The largest absolute Gasteiger partial charge is 0.497 e. The molecule has 0 aliphatic carbocycles. The molecule has 0 saturated heterocycles. The lowest BCUT2D eigenvalue weighted by Gasteiger charge is -2.05. The number of fused-ring (bicyclic) bond motifs is 1. The van der Waals surface area contributed by atoms with Gasteiger partial charge in [0.2, 0.25) is 5.78 Å².